The molecule has 13 heavy (non-hydrogen) atoms. The van der Waals surface area contributed by atoms with Crippen LogP contribution in [0.3, 0.4) is 0 Å². The topological polar surface area (TPSA) is 46.2 Å². The third kappa shape index (κ3) is 3.17. The predicted octanol–water partition coefficient (Wildman–Crippen LogP) is 1.27. The molecule has 74 valence electrons. The summed E-state index contributed by atoms with van der Waals surface area (Å²) in [5.41, 5.74) is 0. The van der Waals surface area contributed by atoms with Crippen LogP contribution in [0.1, 0.15) is 39.5 Å². The third-order valence-corrected chi connectivity index (χ3v) is 2.67. The van der Waals surface area contributed by atoms with Crippen LogP contribution in [-0.2, 0) is 9.59 Å². The molecule has 1 saturated carbocycles. The van der Waals surface area contributed by atoms with Crippen molar-refractivity contribution >= 4 is 11.7 Å². The van der Waals surface area contributed by atoms with Crippen molar-refractivity contribution in [3.63, 3.8) is 0 Å². The Hall–Kier alpha value is -0.860. The highest BCUT2D eigenvalue weighted by Gasteiger charge is 2.20. The molecule has 0 aliphatic heterocycles. The van der Waals surface area contributed by atoms with E-state index >= 15 is 0 Å². The van der Waals surface area contributed by atoms with Gasteiger partial charge in [0.25, 0.3) is 5.91 Å². The highest BCUT2D eigenvalue weighted by atomic mass is 16.2. The molecule has 3 nitrogen and oxygen atoms in total. The fraction of sp³-hybridized carbons (Fsp3) is 0.800. The SMILES string of the molecule is CC(=O)C(=O)NC1CCC(C)CC1. The first-order valence-corrected chi connectivity index (χ1v) is 4.91. The number of hydrogen-bond donors (Lipinski definition) is 1. The van der Waals surface area contributed by atoms with Gasteiger partial charge in [-0.2, -0.15) is 0 Å². The van der Waals surface area contributed by atoms with E-state index < -0.39 is 11.7 Å². The molecule has 1 rings (SSSR count). The summed E-state index contributed by atoms with van der Waals surface area (Å²) in [6.45, 7) is 3.53. The molecular formula is C10H17NO2. The number of carbonyl (C=O) groups is 2. The highest BCUT2D eigenvalue weighted by Crippen LogP contribution is 2.23. The minimum absolute atomic E-state index is 0.229. The van der Waals surface area contributed by atoms with Crippen molar-refractivity contribution < 1.29 is 9.59 Å². The molecule has 1 fully saturated rings. The molecule has 0 heterocycles. The van der Waals surface area contributed by atoms with Crippen LogP contribution in [0, 0.1) is 5.92 Å². The van der Waals surface area contributed by atoms with Gasteiger partial charge in [0.2, 0.25) is 5.78 Å². The van der Waals surface area contributed by atoms with E-state index in [1.165, 1.54) is 6.92 Å². The largest absolute Gasteiger partial charge is 0.347 e. The summed E-state index contributed by atoms with van der Waals surface area (Å²) in [6.07, 6.45) is 4.34. The summed E-state index contributed by atoms with van der Waals surface area (Å²) >= 11 is 0. The van der Waals surface area contributed by atoms with Crippen molar-refractivity contribution in [2.45, 2.75) is 45.6 Å². The second-order valence-electron chi connectivity index (χ2n) is 3.99. The maximum atomic E-state index is 11.0. The van der Waals surface area contributed by atoms with E-state index in [2.05, 4.69) is 12.2 Å². The van der Waals surface area contributed by atoms with Crippen molar-refractivity contribution in [2.24, 2.45) is 5.92 Å². The molecule has 1 amide bonds. The minimum atomic E-state index is -0.431. The Morgan fingerprint density at radius 2 is 1.69 bits per heavy atom. The molecule has 0 aromatic heterocycles. The van der Waals surface area contributed by atoms with E-state index in [4.69, 9.17) is 0 Å². The summed E-state index contributed by atoms with van der Waals surface area (Å²) in [7, 11) is 0. The normalized spacial score (nSPS) is 28.2. The number of carbonyl (C=O) groups excluding carboxylic acids is 2. The van der Waals surface area contributed by atoms with Crippen molar-refractivity contribution in [1.82, 2.24) is 5.32 Å². The number of ketones is 1. The second-order valence-corrected chi connectivity index (χ2v) is 3.99. The first kappa shape index (κ1) is 10.2. The molecule has 0 aromatic carbocycles. The molecule has 0 bridgehead atoms. The van der Waals surface area contributed by atoms with Gasteiger partial charge in [-0.3, -0.25) is 9.59 Å². The Morgan fingerprint density at radius 1 is 1.15 bits per heavy atom. The van der Waals surface area contributed by atoms with Crippen LogP contribution in [0.2, 0.25) is 0 Å². The molecule has 1 aliphatic carbocycles. The summed E-state index contributed by atoms with van der Waals surface area (Å²) < 4.78 is 0. The van der Waals surface area contributed by atoms with E-state index in [1.54, 1.807) is 0 Å². The van der Waals surface area contributed by atoms with Gasteiger partial charge in [-0.05, 0) is 31.6 Å². The summed E-state index contributed by atoms with van der Waals surface area (Å²) in [5, 5.41) is 2.75. The van der Waals surface area contributed by atoms with Crippen molar-refractivity contribution in [3.05, 3.63) is 0 Å². The zero-order valence-electron chi connectivity index (χ0n) is 8.30. The van der Waals surface area contributed by atoms with Crippen LogP contribution in [0.15, 0.2) is 0 Å². The Bertz CT molecular complexity index is 205. The molecule has 1 aliphatic rings. The van der Waals surface area contributed by atoms with Gasteiger partial charge in [0.05, 0.1) is 0 Å². The molecule has 0 unspecified atom stereocenters. The van der Waals surface area contributed by atoms with Gasteiger partial charge in [0, 0.05) is 13.0 Å². The zero-order valence-corrected chi connectivity index (χ0v) is 8.30. The fourth-order valence-corrected chi connectivity index (χ4v) is 1.69. The number of amides is 1. The van der Waals surface area contributed by atoms with Crippen molar-refractivity contribution in [2.75, 3.05) is 0 Å². The maximum absolute atomic E-state index is 11.0. The Balaban J connectivity index is 2.30. The lowest BCUT2D eigenvalue weighted by Gasteiger charge is -2.26. The molecule has 0 spiro atoms. The van der Waals surface area contributed by atoms with Crippen LogP contribution >= 0.6 is 0 Å². The molecule has 3 heteroatoms. The van der Waals surface area contributed by atoms with Crippen molar-refractivity contribution in [1.29, 1.82) is 0 Å². The van der Waals surface area contributed by atoms with Gasteiger partial charge in [-0.15, -0.1) is 0 Å². The summed E-state index contributed by atoms with van der Waals surface area (Å²) in [5.74, 6) is -0.0522. The van der Waals surface area contributed by atoms with Gasteiger partial charge in [0.15, 0.2) is 0 Å². The quantitative estimate of drug-likeness (QED) is 0.655. The van der Waals surface area contributed by atoms with E-state index in [0.717, 1.165) is 31.6 Å². The Morgan fingerprint density at radius 3 is 2.15 bits per heavy atom. The lowest BCUT2D eigenvalue weighted by Crippen LogP contribution is -2.40. The van der Waals surface area contributed by atoms with Crippen LogP contribution in [-0.4, -0.2) is 17.7 Å². The monoisotopic (exact) mass is 183 g/mol. The number of hydrogen-bond acceptors (Lipinski definition) is 2. The third-order valence-electron chi connectivity index (χ3n) is 2.67. The van der Waals surface area contributed by atoms with Crippen LogP contribution in [0.5, 0.6) is 0 Å². The van der Waals surface area contributed by atoms with E-state index in [-0.39, 0.29) is 6.04 Å². The maximum Gasteiger partial charge on any atom is 0.287 e. The summed E-state index contributed by atoms with van der Waals surface area (Å²) in [4.78, 5) is 21.7. The highest BCUT2D eigenvalue weighted by molar-refractivity contribution is 6.35. The molecule has 0 atom stereocenters. The van der Waals surface area contributed by atoms with E-state index in [9.17, 15) is 9.59 Å². The van der Waals surface area contributed by atoms with Gasteiger partial charge >= 0.3 is 0 Å². The van der Waals surface area contributed by atoms with Gasteiger partial charge < -0.3 is 5.32 Å². The van der Waals surface area contributed by atoms with Gasteiger partial charge in [-0.1, -0.05) is 6.92 Å². The smallest absolute Gasteiger partial charge is 0.287 e. The standard InChI is InChI=1S/C10H17NO2/c1-7-3-5-9(6-4-7)11-10(13)8(2)12/h7,9H,3-6H2,1-2H3,(H,11,13). The lowest BCUT2D eigenvalue weighted by molar-refractivity contribution is -0.137. The predicted molar refractivity (Wildman–Crippen MR) is 50.2 cm³/mol. The number of nitrogens with one attached hydrogen (secondary N) is 1. The number of rotatable bonds is 2. The summed E-state index contributed by atoms with van der Waals surface area (Å²) in [6, 6.07) is 0.229. The Labute approximate surface area is 78.9 Å². The lowest BCUT2D eigenvalue weighted by atomic mass is 9.87. The van der Waals surface area contributed by atoms with Crippen LogP contribution in [0.25, 0.3) is 0 Å². The first-order valence-electron chi connectivity index (χ1n) is 4.91. The van der Waals surface area contributed by atoms with E-state index in [0.29, 0.717) is 0 Å². The second kappa shape index (κ2) is 4.40. The van der Waals surface area contributed by atoms with Gasteiger partial charge in [0.1, 0.15) is 0 Å². The van der Waals surface area contributed by atoms with Crippen molar-refractivity contribution in [3.8, 4) is 0 Å². The fourth-order valence-electron chi connectivity index (χ4n) is 1.69. The molecule has 0 saturated heterocycles. The number of Topliss-reactive ketones (excluding diaryl/α,β-unsaturated/α-hetero) is 1. The molecule has 0 radical (unpaired) electrons. The molecular weight excluding hydrogens is 166 g/mol. The first-order chi connectivity index (χ1) is 6.09. The van der Waals surface area contributed by atoms with Gasteiger partial charge in [-0.25, -0.2) is 0 Å². The van der Waals surface area contributed by atoms with Crippen LogP contribution < -0.4 is 5.32 Å². The zero-order chi connectivity index (χ0) is 9.84. The van der Waals surface area contributed by atoms with E-state index in [1.807, 2.05) is 0 Å². The van der Waals surface area contributed by atoms with Crippen LogP contribution in [0.4, 0.5) is 0 Å². The Kier molecular flexibility index (Phi) is 3.46. The molecule has 0 aromatic rings. The molecule has 1 N–H and O–H groups in total. The average molecular weight is 183 g/mol. The minimum Gasteiger partial charge on any atom is -0.347 e. The average Bonchev–Trinajstić information content (AvgIpc) is 2.08.